The third-order valence-electron chi connectivity index (χ3n) is 2.38. The maximum Gasteiger partial charge on any atom is 0.371 e. The average Bonchev–Trinajstić information content (AvgIpc) is 2.76. The molecule has 0 bridgehead atoms. The van der Waals surface area contributed by atoms with Crippen LogP contribution in [0.5, 0.6) is 0 Å². The van der Waals surface area contributed by atoms with Gasteiger partial charge in [0.05, 0.1) is 5.75 Å². The topological polar surface area (TPSA) is 84.6 Å². The van der Waals surface area contributed by atoms with Gasteiger partial charge in [-0.05, 0) is 35.9 Å². The number of halogens is 2. The number of hydrogen-bond acceptors (Lipinski definition) is 4. The Morgan fingerprint density at radius 3 is 2.55 bits per heavy atom. The van der Waals surface area contributed by atoms with Crippen LogP contribution in [0.3, 0.4) is 0 Å². The summed E-state index contributed by atoms with van der Waals surface area (Å²) in [6.07, 6.45) is 0. The van der Waals surface area contributed by atoms with Gasteiger partial charge < -0.3 is 9.52 Å². The molecule has 0 aliphatic heterocycles. The molecule has 0 fully saturated rings. The van der Waals surface area contributed by atoms with E-state index in [1.807, 2.05) is 0 Å². The van der Waals surface area contributed by atoms with Crippen molar-refractivity contribution in [1.29, 1.82) is 0 Å². The van der Waals surface area contributed by atoms with Gasteiger partial charge in [-0.15, -0.1) is 0 Å². The van der Waals surface area contributed by atoms with Crippen molar-refractivity contribution in [2.75, 3.05) is 0 Å². The van der Waals surface area contributed by atoms with E-state index in [-0.39, 0.29) is 5.56 Å². The molecule has 0 aliphatic carbocycles. The number of aromatic carboxylic acids is 1. The molecule has 0 atom stereocenters. The summed E-state index contributed by atoms with van der Waals surface area (Å²) in [5, 5.41) is 8.22. The average molecular weight is 363 g/mol. The fourth-order valence-corrected chi connectivity index (χ4v) is 3.34. The first kappa shape index (κ1) is 14.7. The number of furan rings is 1. The van der Waals surface area contributed by atoms with Gasteiger partial charge in [-0.3, -0.25) is 0 Å². The second kappa shape index (κ2) is 5.37. The summed E-state index contributed by atoms with van der Waals surface area (Å²) >= 11 is 3.06. The van der Waals surface area contributed by atoms with Crippen molar-refractivity contribution in [1.82, 2.24) is 0 Å². The summed E-state index contributed by atoms with van der Waals surface area (Å²) in [6.45, 7) is 0. The molecule has 0 spiro atoms. The van der Waals surface area contributed by atoms with Crippen molar-refractivity contribution in [3.63, 3.8) is 0 Å². The minimum atomic E-state index is -3.88. The highest BCUT2D eigenvalue weighted by Crippen LogP contribution is 2.22. The van der Waals surface area contributed by atoms with Crippen LogP contribution in [0, 0.1) is 5.82 Å². The van der Waals surface area contributed by atoms with Crippen LogP contribution >= 0.6 is 15.9 Å². The van der Waals surface area contributed by atoms with E-state index in [1.54, 1.807) is 0 Å². The standard InChI is InChI=1S/C12H8BrFO5S/c13-8-3-7(4-9(14)5-8)6-20(17,18)11-2-1-10(19-11)12(15)16/h1-5H,6H2,(H,15,16). The normalized spacial score (nSPS) is 11.5. The zero-order chi connectivity index (χ0) is 14.9. The largest absolute Gasteiger partial charge is 0.475 e. The number of sulfone groups is 1. The first-order valence-electron chi connectivity index (χ1n) is 5.29. The summed E-state index contributed by atoms with van der Waals surface area (Å²) in [4.78, 5) is 10.6. The molecule has 0 aliphatic rings. The first-order chi connectivity index (χ1) is 9.28. The van der Waals surface area contributed by atoms with E-state index in [1.165, 1.54) is 12.1 Å². The lowest BCUT2D eigenvalue weighted by Gasteiger charge is -2.03. The van der Waals surface area contributed by atoms with E-state index in [9.17, 15) is 17.6 Å². The van der Waals surface area contributed by atoms with Gasteiger partial charge in [-0.1, -0.05) is 15.9 Å². The SMILES string of the molecule is O=C(O)c1ccc(S(=O)(=O)Cc2cc(F)cc(Br)c2)o1. The minimum Gasteiger partial charge on any atom is -0.475 e. The van der Waals surface area contributed by atoms with Crippen LogP contribution < -0.4 is 0 Å². The first-order valence-corrected chi connectivity index (χ1v) is 7.73. The van der Waals surface area contributed by atoms with E-state index >= 15 is 0 Å². The fraction of sp³-hybridized carbons (Fsp3) is 0.0833. The number of carboxylic acid groups (broad SMARTS) is 1. The quantitative estimate of drug-likeness (QED) is 0.903. The number of rotatable bonds is 4. The Morgan fingerprint density at radius 2 is 2.00 bits per heavy atom. The smallest absolute Gasteiger partial charge is 0.371 e. The molecule has 0 saturated heterocycles. The summed E-state index contributed by atoms with van der Waals surface area (Å²) < 4.78 is 42.4. The number of carboxylic acids is 1. The molecular weight excluding hydrogens is 355 g/mol. The maximum absolute atomic E-state index is 13.2. The van der Waals surface area contributed by atoms with Gasteiger partial charge in [0, 0.05) is 4.47 Å². The van der Waals surface area contributed by atoms with E-state index in [0.717, 1.165) is 18.2 Å². The highest BCUT2D eigenvalue weighted by Gasteiger charge is 2.22. The lowest BCUT2D eigenvalue weighted by atomic mass is 10.2. The lowest BCUT2D eigenvalue weighted by molar-refractivity contribution is 0.0656. The lowest BCUT2D eigenvalue weighted by Crippen LogP contribution is -2.04. The van der Waals surface area contributed by atoms with Gasteiger partial charge in [-0.2, -0.15) is 0 Å². The zero-order valence-electron chi connectivity index (χ0n) is 9.84. The third-order valence-corrected chi connectivity index (χ3v) is 4.38. The van der Waals surface area contributed by atoms with Crippen molar-refractivity contribution in [2.45, 2.75) is 10.8 Å². The van der Waals surface area contributed by atoms with E-state index in [0.29, 0.717) is 4.47 Å². The summed E-state index contributed by atoms with van der Waals surface area (Å²) in [7, 11) is -3.88. The predicted octanol–water partition coefficient (Wildman–Crippen LogP) is 2.85. The Morgan fingerprint density at radius 1 is 1.30 bits per heavy atom. The van der Waals surface area contributed by atoms with Crippen molar-refractivity contribution in [3.05, 3.63) is 51.9 Å². The van der Waals surface area contributed by atoms with Gasteiger partial charge >= 0.3 is 5.97 Å². The minimum absolute atomic E-state index is 0.227. The van der Waals surface area contributed by atoms with E-state index in [4.69, 9.17) is 9.52 Å². The molecule has 1 heterocycles. The molecule has 0 radical (unpaired) electrons. The Hall–Kier alpha value is -1.67. The molecule has 2 aromatic rings. The molecule has 1 aromatic carbocycles. The molecule has 1 aromatic heterocycles. The second-order valence-electron chi connectivity index (χ2n) is 3.96. The van der Waals surface area contributed by atoms with Gasteiger partial charge in [0.2, 0.25) is 20.7 Å². The Kier molecular flexibility index (Phi) is 3.96. The summed E-state index contributed by atoms with van der Waals surface area (Å²) in [5.41, 5.74) is 0.227. The van der Waals surface area contributed by atoms with Gasteiger partial charge in [0.15, 0.2) is 0 Å². The summed E-state index contributed by atoms with van der Waals surface area (Å²) in [6, 6.07) is 5.86. The number of carbonyl (C=O) groups is 1. The molecule has 2 rings (SSSR count). The molecule has 5 nitrogen and oxygen atoms in total. The van der Waals surface area contributed by atoms with E-state index < -0.39 is 38.2 Å². The molecule has 8 heteroatoms. The Balaban J connectivity index is 2.32. The van der Waals surface area contributed by atoms with Gasteiger partial charge in [0.25, 0.3) is 0 Å². The maximum atomic E-state index is 13.2. The van der Waals surface area contributed by atoms with Crippen LogP contribution in [-0.2, 0) is 15.6 Å². The molecule has 0 unspecified atom stereocenters. The molecule has 1 N–H and O–H groups in total. The van der Waals surface area contributed by atoms with Crippen LogP contribution in [0.2, 0.25) is 0 Å². The molecule has 0 amide bonds. The van der Waals surface area contributed by atoms with Gasteiger partial charge in [0.1, 0.15) is 5.82 Å². The second-order valence-corrected chi connectivity index (χ2v) is 6.80. The molecular formula is C12H8BrFO5S. The van der Waals surface area contributed by atoms with Crippen LogP contribution in [0.25, 0.3) is 0 Å². The highest BCUT2D eigenvalue weighted by atomic mass is 79.9. The zero-order valence-corrected chi connectivity index (χ0v) is 12.2. The van der Waals surface area contributed by atoms with Crippen LogP contribution in [0.1, 0.15) is 16.1 Å². The highest BCUT2D eigenvalue weighted by molar-refractivity contribution is 9.10. The van der Waals surface area contributed by atoms with Gasteiger partial charge in [-0.25, -0.2) is 17.6 Å². The molecule has 106 valence electrons. The van der Waals surface area contributed by atoms with Crippen molar-refractivity contribution >= 4 is 31.7 Å². The Labute approximate surface area is 122 Å². The third kappa shape index (κ3) is 3.26. The number of hydrogen-bond donors (Lipinski definition) is 1. The van der Waals surface area contributed by atoms with Crippen molar-refractivity contribution in [2.24, 2.45) is 0 Å². The van der Waals surface area contributed by atoms with Crippen molar-refractivity contribution in [3.8, 4) is 0 Å². The predicted molar refractivity (Wildman–Crippen MR) is 70.7 cm³/mol. The molecule has 0 saturated carbocycles. The van der Waals surface area contributed by atoms with Crippen LogP contribution in [0.4, 0.5) is 4.39 Å². The Bertz CT molecular complexity index is 746. The van der Waals surface area contributed by atoms with Crippen molar-refractivity contribution < 1.29 is 27.1 Å². The monoisotopic (exact) mass is 362 g/mol. The number of benzene rings is 1. The molecule has 20 heavy (non-hydrogen) atoms. The fourth-order valence-electron chi connectivity index (χ4n) is 1.59. The van der Waals surface area contributed by atoms with Crippen LogP contribution in [-0.4, -0.2) is 19.5 Å². The van der Waals surface area contributed by atoms with E-state index in [2.05, 4.69) is 15.9 Å². The van der Waals surface area contributed by atoms with Crippen LogP contribution in [0.15, 0.2) is 44.3 Å². The summed E-state index contributed by atoms with van der Waals surface area (Å²) in [5.74, 6) is -2.89.